The molecule has 2 fully saturated rings. The molecular formula is C22H24FN3O5S. The lowest BCUT2D eigenvalue weighted by Crippen LogP contribution is -2.31. The van der Waals surface area contributed by atoms with Gasteiger partial charge in [-0.05, 0) is 61.4 Å². The molecule has 2 aromatic rings. The molecule has 0 aromatic heterocycles. The maximum Gasteiger partial charge on any atom is 0.240 e. The van der Waals surface area contributed by atoms with Gasteiger partial charge in [-0.25, -0.2) is 17.5 Å². The van der Waals surface area contributed by atoms with Crippen LogP contribution < -0.4 is 14.9 Å². The van der Waals surface area contributed by atoms with E-state index in [-0.39, 0.29) is 42.3 Å². The summed E-state index contributed by atoms with van der Waals surface area (Å²) < 4.78 is 46.0. The van der Waals surface area contributed by atoms with E-state index in [0.717, 1.165) is 12.8 Å². The van der Waals surface area contributed by atoms with Gasteiger partial charge in [-0.15, -0.1) is 0 Å². The third-order valence-corrected chi connectivity index (χ3v) is 7.03. The highest BCUT2D eigenvalue weighted by Gasteiger charge is 2.35. The van der Waals surface area contributed by atoms with Crippen LogP contribution in [-0.4, -0.2) is 46.0 Å². The van der Waals surface area contributed by atoms with Crippen LogP contribution in [-0.2, 0) is 24.3 Å². The van der Waals surface area contributed by atoms with E-state index in [2.05, 4.69) is 10.0 Å². The van der Waals surface area contributed by atoms with E-state index >= 15 is 0 Å². The Labute approximate surface area is 185 Å². The van der Waals surface area contributed by atoms with Gasteiger partial charge in [-0.1, -0.05) is 0 Å². The third kappa shape index (κ3) is 5.14. The summed E-state index contributed by atoms with van der Waals surface area (Å²) in [6, 6.07) is 11.4. The number of carbonyl (C=O) groups excluding carboxylic acids is 2. The summed E-state index contributed by atoms with van der Waals surface area (Å²) in [4.78, 5) is 26.5. The van der Waals surface area contributed by atoms with Gasteiger partial charge in [0.2, 0.25) is 21.8 Å². The Morgan fingerprint density at radius 2 is 1.84 bits per heavy atom. The van der Waals surface area contributed by atoms with Crippen molar-refractivity contribution in [3.05, 3.63) is 54.3 Å². The van der Waals surface area contributed by atoms with Crippen molar-refractivity contribution in [1.29, 1.82) is 0 Å². The molecule has 2 heterocycles. The van der Waals surface area contributed by atoms with Crippen molar-refractivity contribution in [3.8, 4) is 0 Å². The fourth-order valence-corrected chi connectivity index (χ4v) is 4.87. The molecule has 4 rings (SSSR count). The number of carbonyl (C=O) groups is 2. The van der Waals surface area contributed by atoms with Gasteiger partial charge in [0.05, 0.1) is 16.9 Å². The molecule has 2 N–H and O–H groups in total. The Hall–Kier alpha value is -2.82. The average molecular weight is 462 g/mol. The third-order valence-electron chi connectivity index (χ3n) is 5.59. The predicted molar refractivity (Wildman–Crippen MR) is 116 cm³/mol. The standard InChI is InChI=1S/C22H24FN3O5S/c23-16-3-7-18(8-4-16)26-14-15(12-21(26)27)22(28)25-17-5-9-20(10-6-17)32(29,30)24-13-19-2-1-11-31-19/h3-10,15,19,24H,1-2,11-14H2,(H,25,28)/t15-,19+/m1/s1. The van der Waals surface area contributed by atoms with Crippen LogP contribution in [0.4, 0.5) is 15.8 Å². The van der Waals surface area contributed by atoms with E-state index in [0.29, 0.717) is 18.0 Å². The van der Waals surface area contributed by atoms with Crippen LogP contribution in [0.25, 0.3) is 0 Å². The Kier molecular flexibility index (Phi) is 6.54. The van der Waals surface area contributed by atoms with Crippen LogP contribution in [0, 0.1) is 11.7 Å². The first-order valence-corrected chi connectivity index (χ1v) is 11.9. The SMILES string of the molecule is O=C(Nc1ccc(S(=O)(=O)NC[C@@H]2CCCO2)cc1)[C@@H]1CC(=O)N(c2ccc(F)cc2)C1. The van der Waals surface area contributed by atoms with E-state index in [1.54, 1.807) is 0 Å². The summed E-state index contributed by atoms with van der Waals surface area (Å²) in [5.74, 6) is -1.52. The molecule has 0 radical (unpaired) electrons. The first kappa shape index (κ1) is 22.4. The molecule has 0 saturated carbocycles. The number of hydrogen-bond acceptors (Lipinski definition) is 5. The number of nitrogens with zero attached hydrogens (tertiary/aromatic N) is 1. The van der Waals surface area contributed by atoms with Crippen LogP contribution in [0.3, 0.4) is 0 Å². The number of anilines is 2. The largest absolute Gasteiger partial charge is 0.377 e. The van der Waals surface area contributed by atoms with Crippen LogP contribution in [0.1, 0.15) is 19.3 Å². The molecule has 0 unspecified atom stereocenters. The minimum atomic E-state index is -3.68. The molecule has 10 heteroatoms. The highest BCUT2D eigenvalue weighted by atomic mass is 32.2. The average Bonchev–Trinajstić information content (AvgIpc) is 3.43. The predicted octanol–water partition coefficient (Wildman–Crippen LogP) is 2.27. The minimum absolute atomic E-state index is 0.0445. The van der Waals surface area contributed by atoms with Crippen LogP contribution in [0.2, 0.25) is 0 Å². The molecule has 2 amide bonds. The lowest BCUT2D eigenvalue weighted by Gasteiger charge is -2.16. The molecule has 0 bridgehead atoms. The lowest BCUT2D eigenvalue weighted by molar-refractivity contribution is -0.122. The van der Waals surface area contributed by atoms with Crippen LogP contribution in [0.5, 0.6) is 0 Å². The summed E-state index contributed by atoms with van der Waals surface area (Å²) in [6.07, 6.45) is 1.69. The molecule has 32 heavy (non-hydrogen) atoms. The zero-order valence-corrected chi connectivity index (χ0v) is 18.1. The van der Waals surface area contributed by atoms with Crippen LogP contribution >= 0.6 is 0 Å². The molecule has 2 aliphatic rings. The molecular weight excluding hydrogens is 437 g/mol. The quantitative estimate of drug-likeness (QED) is 0.658. The number of halogens is 1. The fraction of sp³-hybridized carbons (Fsp3) is 0.364. The van der Waals surface area contributed by atoms with Gasteiger partial charge in [0.25, 0.3) is 0 Å². The molecule has 0 aliphatic carbocycles. The molecule has 2 aromatic carbocycles. The zero-order chi connectivity index (χ0) is 22.7. The first-order chi connectivity index (χ1) is 15.3. The fourth-order valence-electron chi connectivity index (χ4n) is 3.81. The lowest BCUT2D eigenvalue weighted by atomic mass is 10.1. The topological polar surface area (TPSA) is 105 Å². The van der Waals surface area contributed by atoms with Gasteiger partial charge in [0, 0.05) is 37.5 Å². The second-order valence-electron chi connectivity index (χ2n) is 7.88. The van der Waals surface area contributed by atoms with Crippen molar-refractivity contribution in [3.63, 3.8) is 0 Å². The van der Waals surface area contributed by atoms with Crippen molar-refractivity contribution in [2.75, 3.05) is 29.9 Å². The highest BCUT2D eigenvalue weighted by molar-refractivity contribution is 7.89. The second-order valence-corrected chi connectivity index (χ2v) is 9.65. The Balaban J connectivity index is 1.34. The summed E-state index contributed by atoms with van der Waals surface area (Å²) >= 11 is 0. The van der Waals surface area contributed by atoms with Gasteiger partial charge < -0.3 is 15.0 Å². The maximum absolute atomic E-state index is 13.1. The number of amides is 2. The van der Waals surface area contributed by atoms with E-state index in [1.165, 1.54) is 53.4 Å². The smallest absolute Gasteiger partial charge is 0.240 e. The summed E-state index contributed by atoms with van der Waals surface area (Å²) in [5, 5.41) is 2.73. The zero-order valence-electron chi connectivity index (χ0n) is 17.3. The van der Waals surface area contributed by atoms with Gasteiger partial charge in [0.1, 0.15) is 5.82 Å². The van der Waals surface area contributed by atoms with E-state index in [4.69, 9.17) is 4.74 Å². The van der Waals surface area contributed by atoms with Crippen molar-refractivity contribution in [1.82, 2.24) is 4.72 Å². The number of benzene rings is 2. The molecule has 170 valence electrons. The van der Waals surface area contributed by atoms with Gasteiger partial charge in [0.15, 0.2) is 0 Å². The number of sulfonamides is 1. The van der Waals surface area contributed by atoms with Crippen molar-refractivity contribution in [2.24, 2.45) is 5.92 Å². The highest BCUT2D eigenvalue weighted by Crippen LogP contribution is 2.26. The van der Waals surface area contributed by atoms with E-state index in [9.17, 15) is 22.4 Å². The molecule has 2 saturated heterocycles. The monoisotopic (exact) mass is 461 g/mol. The summed E-state index contributed by atoms with van der Waals surface area (Å²) in [6.45, 7) is 1.06. The van der Waals surface area contributed by atoms with Gasteiger partial charge >= 0.3 is 0 Å². The Morgan fingerprint density at radius 3 is 2.50 bits per heavy atom. The van der Waals surface area contributed by atoms with Crippen molar-refractivity contribution < 1.29 is 27.1 Å². The Bertz CT molecular complexity index is 1080. The molecule has 2 atom stereocenters. The van der Waals surface area contributed by atoms with Gasteiger partial charge in [-0.2, -0.15) is 0 Å². The van der Waals surface area contributed by atoms with E-state index < -0.39 is 21.8 Å². The molecule has 8 nitrogen and oxygen atoms in total. The Morgan fingerprint density at radius 1 is 1.12 bits per heavy atom. The normalized spacial score (nSPS) is 21.2. The number of ether oxygens (including phenoxy) is 1. The summed E-state index contributed by atoms with van der Waals surface area (Å²) in [5.41, 5.74) is 0.970. The summed E-state index contributed by atoms with van der Waals surface area (Å²) in [7, 11) is -3.68. The van der Waals surface area contributed by atoms with Gasteiger partial charge in [-0.3, -0.25) is 9.59 Å². The second kappa shape index (κ2) is 9.35. The minimum Gasteiger partial charge on any atom is -0.377 e. The van der Waals surface area contributed by atoms with Crippen molar-refractivity contribution in [2.45, 2.75) is 30.3 Å². The number of hydrogen-bond donors (Lipinski definition) is 2. The molecule has 2 aliphatic heterocycles. The van der Waals surface area contributed by atoms with Crippen molar-refractivity contribution >= 4 is 33.2 Å². The molecule has 0 spiro atoms. The number of nitrogens with one attached hydrogen (secondary N) is 2. The van der Waals surface area contributed by atoms with E-state index in [1.807, 2.05) is 0 Å². The van der Waals surface area contributed by atoms with Crippen LogP contribution in [0.15, 0.2) is 53.4 Å². The first-order valence-electron chi connectivity index (χ1n) is 10.4. The number of rotatable bonds is 7. The maximum atomic E-state index is 13.1.